The number of likely N-dealkylation sites (tertiary alicyclic amines) is 2. The lowest BCUT2D eigenvalue weighted by Gasteiger charge is -2.35. The third kappa shape index (κ3) is 4.69. The molecule has 2 rings (SSSR count). The Morgan fingerprint density at radius 3 is 2.65 bits per heavy atom. The quantitative estimate of drug-likeness (QED) is 0.844. The monoisotopic (exact) mass is 323 g/mol. The maximum absolute atomic E-state index is 12.9. The van der Waals surface area contributed by atoms with E-state index in [1.54, 1.807) is 4.90 Å². The highest BCUT2D eigenvalue weighted by atomic mass is 16.2. The lowest BCUT2D eigenvalue weighted by atomic mass is 9.96. The van der Waals surface area contributed by atoms with Crippen LogP contribution in [0, 0.1) is 5.92 Å². The molecule has 0 aromatic carbocycles. The van der Waals surface area contributed by atoms with Crippen molar-refractivity contribution in [2.45, 2.75) is 58.4 Å². The molecular formula is C17H29N3O3. The van der Waals surface area contributed by atoms with E-state index in [1.165, 1.54) is 0 Å². The van der Waals surface area contributed by atoms with Crippen LogP contribution in [-0.2, 0) is 14.4 Å². The molecule has 0 aromatic rings. The van der Waals surface area contributed by atoms with E-state index in [0.717, 1.165) is 25.8 Å². The van der Waals surface area contributed by atoms with Crippen molar-refractivity contribution in [2.24, 2.45) is 5.92 Å². The maximum atomic E-state index is 12.9. The number of hydrogen-bond donors (Lipinski definition) is 1. The molecule has 2 atom stereocenters. The SMILES string of the molecule is CCC(=O)NC1CCCCN(C(=O)C2CCC(=O)N(CC)C2)C1. The predicted molar refractivity (Wildman–Crippen MR) is 87.6 cm³/mol. The summed E-state index contributed by atoms with van der Waals surface area (Å²) in [5, 5.41) is 3.03. The van der Waals surface area contributed by atoms with E-state index in [-0.39, 0.29) is 29.7 Å². The number of carbonyl (C=O) groups excluding carboxylic acids is 3. The lowest BCUT2D eigenvalue weighted by Crippen LogP contribution is -2.50. The van der Waals surface area contributed by atoms with Crippen LogP contribution in [0.2, 0.25) is 0 Å². The molecule has 6 nitrogen and oxygen atoms in total. The molecule has 130 valence electrons. The van der Waals surface area contributed by atoms with Crippen LogP contribution in [0.4, 0.5) is 0 Å². The van der Waals surface area contributed by atoms with E-state index in [1.807, 2.05) is 18.7 Å². The standard InChI is InChI=1S/C17H29N3O3/c1-3-15(21)18-14-7-5-6-10-20(12-14)17(23)13-8-9-16(22)19(4-2)11-13/h13-14H,3-12H2,1-2H3,(H,18,21). The Morgan fingerprint density at radius 2 is 1.96 bits per heavy atom. The van der Waals surface area contributed by atoms with Crippen LogP contribution in [0.3, 0.4) is 0 Å². The summed E-state index contributed by atoms with van der Waals surface area (Å²) >= 11 is 0. The molecule has 2 unspecified atom stereocenters. The Kier molecular flexibility index (Phi) is 6.42. The molecule has 0 bridgehead atoms. The second kappa shape index (κ2) is 8.31. The molecule has 23 heavy (non-hydrogen) atoms. The summed E-state index contributed by atoms with van der Waals surface area (Å²) in [5.74, 6) is 0.257. The van der Waals surface area contributed by atoms with E-state index < -0.39 is 0 Å². The first-order valence-electron chi connectivity index (χ1n) is 8.91. The molecule has 2 aliphatic rings. The van der Waals surface area contributed by atoms with Gasteiger partial charge in [0.2, 0.25) is 17.7 Å². The van der Waals surface area contributed by atoms with Crippen LogP contribution >= 0.6 is 0 Å². The zero-order valence-corrected chi connectivity index (χ0v) is 14.3. The minimum atomic E-state index is -0.0896. The average Bonchev–Trinajstić information content (AvgIpc) is 2.80. The zero-order chi connectivity index (χ0) is 16.8. The fourth-order valence-electron chi connectivity index (χ4n) is 3.47. The first kappa shape index (κ1) is 17.8. The number of piperidine rings is 1. The number of carbonyl (C=O) groups is 3. The van der Waals surface area contributed by atoms with Gasteiger partial charge in [-0.25, -0.2) is 0 Å². The van der Waals surface area contributed by atoms with Crippen molar-refractivity contribution in [3.8, 4) is 0 Å². The molecule has 2 aliphatic heterocycles. The number of hydrogen-bond acceptors (Lipinski definition) is 3. The summed E-state index contributed by atoms with van der Waals surface area (Å²) in [7, 11) is 0. The van der Waals surface area contributed by atoms with Gasteiger partial charge in [-0.2, -0.15) is 0 Å². The molecule has 0 radical (unpaired) electrons. The molecule has 3 amide bonds. The summed E-state index contributed by atoms with van der Waals surface area (Å²) in [6, 6.07) is 0.0569. The molecule has 0 aliphatic carbocycles. The third-order valence-corrected chi connectivity index (χ3v) is 4.90. The van der Waals surface area contributed by atoms with Crippen molar-refractivity contribution >= 4 is 17.7 Å². The van der Waals surface area contributed by atoms with Gasteiger partial charge in [0.05, 0.1) is 5.92 Å². The van der Waals surface area contributed by atoms with E-state index in [2.05, 4.69) is 5.32 Å². The van der Waals surface area contributed by atoms with Gasteiger partial charge in [0.25, 0.3) is 0 Å². The average molecular weight is 323 g/mol. The Morgan fingerprint density at radius 1 is 1.17 bits per heavy atom. The van der Waals surface area contributed by atoms with Crippen molar-refractivity contribution < 1.29 is 14.4 Å². The molecule has 6 heteroatoms. The van der Waals surface area contributed by atoms with E-state index in [9.17, 15) is 14.4 Å². The van der Waals surface area contributed by atoms with Crippen LogP contribution in [0.25, 0.3) is 0 Å². The molecule has 1 N–H and O–H groups in total. The summed E-state index contributed by atoms with van der Waals surface area (Å²) < 4.78 is 0. The predicted octanol–water partition coefficient (Wildman–Crippen LogP) is 1.15. The Hall–Kier alpha value is -1.59. The first-order valence-corrected chi connectivity index (χ1v) is 8.91. The second-order valence-electron chi connectivity index (χ2n) is 6.57. The van der Waals surface area contributed by atoms with Crippen molar-refractivity contribution in [3.63, 3.8) is 0 Å². The highest BCUT2D eigenvalue weighted by Gasteiger charge is 2.33. The van der Waals surface area contributed by atoms with Gasteiger partial charge in [-0.15, -0.1) is 0 Å². The first-order chi connectivity index (χ1) is 11.0. The fourth-order valence-corrected chi connectivity index (χ4v) is 3.47. The molecule has 0 saturated carbocycles. The molecule has 2 fully saturated rings. The van der Waals surface area contributed by atoms with Crippen molar-refractivity contribution in [3.05, 3.63) is 0 Å². The minimum Gasteiger partial charge on any atom is -0.352 e. The summed E-state index contributed by atoms with van der Waals surface area (Å²) in [5.41, 5.74) is 0. The largest absolute Gasteiger partial charge is 0.352 e. The lowest BCUT2D eigenvalue weighted by molar-refractivity contribution is -0.143. The molecule has 0 spiro atoms. The van der Waals surface area contributed by atoms with Crippen LogP contribution in [-0.4, -0.2) is 59.7 Å². The van der Waals surface area contributed by atoms with E-state index >= 15 is 0 Å². The molecule has 2 heterocycles. The Labute approximate surface area is 138 Å². The summed E-state index contributed by atoms with van der Waals surface area (Å²) in [4.78, 5) is 39.9. The van der Waals surface area contributed by atoms with Gasteiger partial charge >= 0.3 is 0 Å². The molecular weight excluding hydrogens is 294 g/mol. The smallest absolute Gasteiger partial charge is 0.227 e. The number of amides is 3. The van der Waals surface area contributed by atoms with E-state index in [4.69, 9.17) is 0 Å². The number of nitrogens with zero attached hydrogens (tertiary/aromatic N) is 2. The fraction of sp³-hybridized carbons (Fsp3) is 0.824. The van der Waals surface area contributed by atoms with E-state index in [0.29, 0.717) is 38.9 Å². The highest BCUT2D eigenvalue weighted by Crippen LogP contribution is 2.21. The van der Waals surface area contributed by atoms with Gasteiger partial charge < -0.3 is 15.1 Å². The normalized spacial score (nSPS) is 25.9. The van der Waals surface area contributed by atoms with Gasteiger partial charge in [-0.1, -0.05) is 6.92 Å². The van der Waals surface area contributed by atoms with Crippen molar-refractivity contribution in [1.82, 2.24) is 15.1 Å². The third-order valence-electron chi connectivity index (χ3n) is 4.90. The van der Waals surface area contributed by atoms with Crippen LogP contribution in [0.15, 0.2) is 0 Å². The highest BCUT2D eigenvalue weighted by molar-refractivity contribution is 5.84. The van der Waals surface area contributed by atoms with Gasteiger partial charge in [0, 0.05) is 45.1 Å². The van der Waals surface area contributed by atoms with Gasteiger partial charge in [0.15, 0.2) is 0 Å². The summed E-state index contributed by atoms with van der Waals surface area (Å²) in [6.07, 6.45) is 4.53. The number of nitrogens with one attached hydrogen (secondary N) is 1. The Bertz CT molecular complexity index is 452. The summed E-state index contributed by atoms with van der Waals surface area (Å²) in [6.45, 7) is 6.35. The zero-order valence-electron chi connectivity index (χ0n) is 14.3. The van der Waals surface area contributed by atoms with Crippen LogP contribution in [0.1, 0.15) is 52.4 Å². The second-order valence-corrected chi connectivity index (χ2v) is 6.57. The van der Waals surface area contributed by atoms with Crippen LogP contribution < -0.4 is 5.32 Å². The topological polar surface area (TPSA) is 69.7 Å². The Balaban J connectivity index is 1.96. The van der Waals surface area contributed by atoms with Gasteiger partial charge in [0.1, 0.15) is 0 Å². The van der Waals surface area contributed by atoms with Gasteiger partial charge in [-0.3, -0.25) is 14.4 Å². The van der Waals surface area contributed by atoms with Crippen molar-refractivity contribution in [2.75, 3.05) is 26.2 Å². The van der Waals surface area contributed by atoms with Crippen molar-refractivity contribution in [1.29, 1.82) is 0 Å². The molecule has 0 aromatic heterocycles. The van der Waals surface area contributed by atoms with Crippen LogP contribution in [0.5, 0.6) is 0 Å². The maximum Gasteiger partial charge on any atom is 0.227 e. The minimum absolute atomic E-state index is 0.0460. The number of rotatable bonds is 4. The van der Waals surface area contributed by atoms with Gasteiger partial charge in [-0.05, 0) is 32.6 Å². The molecule has 2 saturated heterocycles.